The molecule has 0 aromatic heterocycles. The van der Waals surface area contributed by atoms with E-state index in [-0.39, 0.29) is 0 Å². The quantitative estimate of drug-likeness (QED) is 0.784. The van der Waals surface area contributed by atoms with E-state index in [4.69, 9.17) is 12.3 Å². The van der Waals surface area contributed by atoms with Gasteiger partial charge in [0.25, 0.3) is 0 Å². The number of aliphatic hydroxyl groups is 1. The van der Waals surface area contributed by atoms with Crippen LogP contribution < -0.4 is 0 Å². The fraction of sp³-hybridized carbons (Fsp3) is 0.500. The van der Waals surface area contributed by atoms with Gasteiger partial charge in [0.05, 0.1) is 7.45 Å². The van der Waals surface area contributed by atoms with Crippen molar-refractivity contribution >= 4 is 0 Å². The van der Waals surface area contributed by atoms with E-state index in [1.54, 1.807) is 30.3 Å². The minimum atomic E-state index is -3.51. The summed E-state index contributed by atoms with van der Waals surface area (Å²) in [5.74, 6) is 0. The molecule has 0 aliphatic carbocycles. The molecule has 76 valence electrons. The number of likely N-dealkylation sites (tertiary alicyclic amines) is 1. The van der Waals surface area contributed by atoms with Crippen molar-refractivity contribution in [3.63, 3.8) is 0 Å². The van der Waals surface area contributed by atoms with E-state index in [9.17, 15) is 5.11 Å². The van der Waals surface area contributed by atoms with Crippen molar-refractivity contribution in [2.24, 2.45) is 0 Å². The number of piperidine rings is 1. The molecule has 1 atom stereocenters. The Labute approximate surface area is 97.8 Å². The maximum Gasteiger partial charge on any atom is 0.0667 e. The smallest absolute Gasteiger partial charge is 0.0667 e. The van der Waals surface area contributed by atoms with Crippen molar-refractivity contribution in [3.05, 3.63) is 35.9 Å². The van der Waals surface area contributed by atoms with E-state index in [2.05, 4.69) is 0 Å². The van der Waals surface area contributed by atoms with Crippen LogP contribution in [0.2, 0.25) is 0 Å². The highest BCUT2D eigenvalue weighted by molar-refractivity contribution is 5.14. The van der Waals surface area contributed by atoms with Gasteiger partial charge in [0, 0.05) is 24.0 Å². The summed E-state index contributed by atoms with van der Waals surface area (Å²) >= 11 is 0. The summed E-state index contributed by atoms with van der Waals surface area (Å²) in [6.07, 6.45) is -10.3. The van der Waals surface area contributed by atoms with Crippen molar-refractivity contribution in [1.82, 2.24) is 4.90 Å². The van der Waals surface area contributed by atoms with Crippen LogP contribution in [0, 0.1) is 0 Å². The van der Waals surface area contributed by atoms with Gasteiger partial charge in [-0.25, -0.2) is 0 Å². The van der Waals surface area contributed by atoms with Crippen LogP contribution in [0.25, 0.3) is 0 Å². The molecule has 1 aliphatic heterocycles. The molecular formula is C12H17NO. The summed E-state index contributed by atoms with van der Waals surface area (Å²) in [5.41, 5.74) is 0.439. The topological polar surface area (TPSA) is 23.5 Å². The van der Waals surface area contributed by atoms with Crippen molar-refractivity contribution in [1.29, 1.82) is 0 Å². The molecular weight excluding hydrogens is 174 g/mol. The van der Waals surface area contributed by atoms with Crippen molar-refractivity contribution < 1.29 is 17.4 Å². The Hall–Kier alpha value is -0.860. The summed E-state index contributed by atoms with van der Waals surface area (Å²) in [6.45, 7) is -6.69. The minimum absolute atomic E-state index is 0.365. The van der Waals surface area contributed by atoms with Crippen molar-refractivity contribution in [2.45, 2.75) is 25.4 Å². The molecule has 1 unspecified atom stereocenters. The zero-order valence-electron chi connectivity index (χ0n) is 16.5. The van der Waals surface area contributed by atoms with Crippen LogP contribution in [-0.4, -0.2) is 29.1 Å². The second-order valence-electron chi connectivity index (χ2n) is 2.89. The Balaban J connectivity index is 2.60. The summed E-state index contributed by atoms with van der Waals surface area (Å²) < 4.78 is 70.4. The van der Waals surface area contributed by atoms with Crippen molar-refractivity contribution in [3.8, 4) is 0 Å². The first-order valence-corrected chi connectivity index (χ1v) is 4.25. The highest BCUT2D eigenvalue weighted by Crippen LogP contribution is 2.13. The van der Waals surface area contributed by atoms with E-state index in [1.807, 2.05) is 0 Å². The van der Waals surface area contributed by atoms with Crippen LogP contribution in [0.15, 0.2) is 30.3 Å². The van der Waals surface area contributed by atoms with Crippen LogP contribution in [0.4, 0.5) is 0 Å². The summed E-state index contributed by atoms with van der Waals surface area (Å²) in [7, 11) is 0. The zero-order chi connectivity index (χ0) is 17.9. The molecule has 0 saturated carbocycles. The standard InChI is InChI=1S/C12H17NO/c14-12-7-4-8-13(10-12)9-11-5-2-1-3-6-11/h1-3,5-6,12,14H,4,7-10H2/i4D2,7D2,8D2,10D2,12D. The third-order valence-corrected chi connectivity index (χ3v) is 1.80. The van der Waals surface area contributed by atoms with Gasteiger partial charge in [-0.3, -0.25) is 4.90 Å². The largest absolute Gasteiger partial charge is 0.392 e. The fourth-order valence-corrected chi connectivity index (χ4v) is 1.18. The lowest BCUT2D eigenvalue weighted by Gasteiger charge is -2.29. The van der Waals surface area contributed by atoms with Gasteiger partial charge < -0.3 is 5.11 Å². The highest BCUT2D eigenvalue weighted by atomic mass is 16.3. The molecule has 2 heteroatoms. The molecule has 1 fully saturated rings. The van der Waals surface area contributed by atoms with Crippen LogP contribution >= 0.6 is 0 Å². The van der Waals surface area contributed by atoms with Crippen LogP contribution in [0.3, 0.4) is 0 Å². The lowest BCUT2D eigenvalue weighted by atomic mass is 10.1. The molecule has 1 aromatic carbocycles. The van der Waals surface area contributed by atoms with Gasteiger partial charge in [0.15, 0.2) is 0 Å². The van der Waals surface area contributed by atoms with Gasteiger partial charge in [-0.2, -0.15) is 0 Å². The number of β-amino-alcohol motifs (C(OH)–C–C–N with tert-alkyl or cyclic N) is 1. The first-order chi connectivity index (χ1) is 10.2. The van der Waals surface area contributed by atoms with E-state index in [1.165, 1.54) is 0 Å². The monoisotopic (exact) mass is 200 g/mol. The maximum atomic E-state index is 10.1. The van der Waals surface area contributed by atoms with Gasteiger partial charge in [0.1, 0.15) is 0 Å². The first-order valence-electron chi connectivity index (χ1n) is 8.75. The molecule has 0 spiro atoms. The molecule has 14 heavy (non-hydrogen) atoms. The molecule has 0 radical (unpaired) electrons. The van der Waals surface area contributed by atoms with E-state index in [0.717, 1.165) is 0 Å². The third-order valence-electron chi connectivity index (χ3n) is 1.80. The lowest BCUT2D eigenvalue weighted by molar-refractivity contribution is 0.0668. The molecule has 0 bridgehead atoms. The predicted molar refractivity (Wildman–Crippen MR) is 57.0 cm³/mol. The summed E-state index contributed by atoms with van der Waals surface area (Å²) in [6, 6.07) is 8.08. The third kappa shape index (κ3) is 2.56. The van der Waals surface area contributed by atoms with Crippen LogP contribution in [0.1, 0.15) is 30.6 Å². The van der Waals surface area contributed by atoms with Gasteiger partial charge in [-0.05, 0) is 24.8 Å². The molecule has 1 aliphatic rings. The average molecular weight is 200 g/mol. The number of nitrogens with zero attached hydrogens (tertiary/aromatic N) is 1. The molecule has 0 amide bonds. The molecule has 1 heterocycles. The van der Waals surface area contributed by atoms with E-state index < -0.39 is 38.4 Å². The fourth-order valence-electron chi connectivity index (χ4n) is 1.18. The van der Waals surface area contributed by atoms with Gasteiger partial charge in [-0.15, -0.1) is 0 Å². The second-order valence-corrected chi connectivity index (χ2v) is 2.89. The van der Waals surface area contributed by atoms with E-state index >= 15 is 0 Å². The Morgan fingerprint density at radius 1 is 1.50 bits per heavy atom. The number of hydrogen-bond acceptors (Lipinski definition) is 2. The van der Waals surface area contributed by atoms with Gasteiger partial charge in [-0.1, -0.05) is 30.3 Å². The number of benzene rings is 1. The Bertz CT molecular complexity index is 557. The maximum absolute atomic E-state index is 10.1. The molecule has 1 aromatic rings. The predicted octanol–water partition coefficient (Wildman–Crippen LogP) is 1.64. The Morgan fingerprint density at radius 3 is 3.07 bits per heavy atom. The average Bonchev–Trinajstić information content (AvgIpc) is 2.43. The number of hydrogen-bond donors (Lipinski definition) is 1. The minimum Gasteiger partial charge on any atom is -0.392 e. The normalized spacial score (nSPS) is 52.8. The Morgan fingerprint density at radius 2 is 2.29 bits per heavy atom. The van der Waals surface area contributed by atoms with Gasteiger partial charge in [0.2, 0.25) is 0 Å². The molecule has 1 saturated heterocycles. The molecule has 2 rings (SSSR count). The summed E-state index contributed by atoms with van der Waals surface area (Å²) in [5, 5.41) is 10.1. The van der Waals surface area contributed by atoms with Crippen LogP contribution in [0.5, 0.6) is 0 Å². The first kappa shape index (κ1) is 3.62. The highest BCUT2D eigenvalue weighted by Gasteiger charge is 2.17. The molecule has 2 nitrogen and oxygen atoms in total. The molecule has 1 N–H and O–H groups in total. The second kappa shape index (κ2) is 4.58. The Kier molecular flexibility index (Phi) is 1.18. The SMILES string of the molecule is [2H]C1([2H])N(Cc2ccccc2)C([2H])([2H])C([2H])(O)C([2H])([2H])C1([2H])[2H]. The lowest BCUT2D eigenvalue weighted by Crippen LogP contribution is -2.37. The number of rotatable bonds is 2. The van der Waals surface area contributed by atoms with Crippen molar-refractivity contribution in [2.75, 3.05) is 13.0 Å². The summed E-state index contributed by atoms with van der Waals surface area (Å²) in [4.78, 5) is 0.365. The van der Waals surface area contributed by atoms with Gasteiger partial charge >= 0.3 is 0 Å². The van der Waals surface area contributed by atoms with Crippen LogP contribution in [-0.2, 0) is 6.54 Å². The van der Waals surface area contributed by atoms with E-state index in [0.29, 0.717) is 10.5 Å². The zero-order valence-corrected chi connectivity index (χ0v) is 7.49.